The summed E-state index contributed by atoms with van der Waals surface area (Å²) >= 11 is 3.23. The van der Waals surface area contributed by atoms with Crippen molar-refractivity contribution in [1.29, 1.82) is 0 Å². The number of aromatic nitrogens is 2. The first-order valence-corrected chi connectivity index (χ1v) is 11.2. The summed E-state index contributed by atoms with van der Waals surface area (Å²) in [5.41, 5.74) is 1.70. The number of para-hydroxylation sites is 1. The third kappa shape index (κ3) is 5.09. The summed E-state index contributed by atoms with van der Waals surface area (Å²) < 4.78 is 31.7. The van der Waals surface area contributed by atoms with Gasteiger partial charge in [0, 0.05) is 15.6 Å². The lowest BCUT2D eigenvalue weighted by Crippen LogP contribution is -2.15. The van der Waals surface area contributed by atoms with Crippen LogP contribution in [0.15, 0.2) is 77.3 Å². The smallest absolute Gasteiger partial charge is 0.357 e. The highest BCUT2D eigenvalue weighted by atomic mass is 79.9. The van der Waals surface area contributed by atoms with Crippen molar-refractivity contribution in [2.75, 3.05) is 14.2 Å². The molecule has 0 N–H and O–H groups in total. The molecule has 0 spiro atoms. The second-order valence-electron chi connectivity index (χ2n) is 7.35. The number of esters is 2. The van der Waals surface area contributed by atoms with Crippen LogP contribution in [0.3, 0.4) is 0 Å². The lowest BCUT2D eigenvalue weighted by atomic mass is 10.1. The van der Waals surface area contributed by atoms with Gasteiger partial charge in [0.2, 0.25) is 0 Å². The first kappa shape index (κ1) is 24.2. The second-order valence-corrected chi connectivity index (χ2v) is 8.27. The minimum absolute atomic E-state index is 0.0196. The van der Waals surface area contributed by atoms with Gasteiger partial charge < -0.3 is 14.2 Å². The summed E-state index contributed by atoms with van der Waals surface area (Å²) in [5, 5.41) is 4.55. The maximum atomic E-state index is 14.1. The van der Waals surface area contributed by atoms with E-state index in [1.54, 1.807) is 60.7 Å². The summed E-state index contributed by atoms with van der Waals surface area (Å²) in [6.45, 7) is 0.0427. The van der Waals surface area contributed by atoms with Crippen molar-refractivity contribution in [3.8, 4) is 22.7 Å². The number of methoxy groups -OCH3 is 2. The van der Waals surface area contributed by atoms with Crippen molar-refractivity contribution in [2.45, 2.75) is 6.61 Å². The van der Waals surface area contributed by atoms with Crippen LogP contribution >= 0.6 is 15.9 Å². The van der Waals surface area contributed by atoms with Crippen molar-refractivity contribution in [1.82, 2.24) is 9.78 Å². The highest BCUT2D eigenvalue weighted by Crippen LogP contribution is 2.30. The Kier molecular flexibility index (Phi) is 7.26. The zero-order valence-corrected chi connectivity index (χ0v) is 20.4. The van der Waals surface area contributed by atoms with Gasteiger partial charge in [-0.05, 0) is 48.5 Å². The molecule has 0 aliphatic carbocycles. The molecule has 0 radical (unpaired) electrons. The van der Waals surface area contributed by atoms with Crippen molar-refractivity contribution in [3.63, 3.8) is 0 Å². The summed E-state index contributed by atoms with van der Waals surface area (Å²) in [5.74, 6) is -1.34. The van der Waals surface area contributed by atoms with Crippen LogP contribution in [-0.4, -0.2) is 35.9 Å². The van der Waals surface area contributed by atoms with E-state index >= 15 is 0 Å². The van der Waals surface area contributed by atoms with Crippen LogP contribution in [-0.2, 0) is 16.1 Å². The number of benzene rings is 3. The molecule has 178 valence electrons. The fourth-order valence-electron chi connectivity index (χ4n) is 3.47. The van der Waals surface area contributed by atoms with E-state index in [1.807, 2.05) is 6.07 Å². The van der Waals surface area contributed by atoms with Crippen LogP contribution in [0.2, 0.25) is 0 Å². The largest absolute Gasteiger partial charge is 0.489 e. The molecule has 1 aromatic heterocycles. The Bertz CT molecular complexity index is 1370. The molecule has 9 heteroatoms. The van der Waals surface area contributed by atoms with Crippen LogP contribution in [0.25, 0.3) is 16.9 Å². The molecule has 0 fully saturated rings. The fraction of sp³-hybridized carbons (Fsp3) is 0.115. The minimum atomic E-state index is -0.732. The van der Waals surface area contributed by atoms with Crippen LogP contribution in [0.5, 0.6) is 5.75 Å². The first-order valence-electron chi connectivity index (χ1n) is 10.4. The zero-order chi connectivity index (χ0) is 24.9. The van der Waals surface area contributed by atoms with E-state index in [4.69, 9.17) is 14.2 Å². The highest BCUT2D eigenvalue weighted by molar-refractivity contribution is 9.10. The maximum absolute atomic E-state index is 14.1. The molecule has 0 aliphatic rings. The minimum Gasteiger partial charge on any atom is -0.489 e. The quantitative estimate of drug-likeness (QED) is 0.285. The van der Waals surface area contributed by atoms with Gasteiger partial charge in [-0.2, -0.15) is 5.10 Å². The second kappa shape index (κ2) is 10.5. The zero-order valence-electron chi connectivity index (χ0n) is 18.8. The summed E-state index contributed by atoms with van der Waals surface area (Å²) in [6.07, 6.45) is 0. The van der Waals surface area contributed by atoms with Gasteiger partial charge in [0.1, 0.15) is 29.4 Å². The number of nitrogens with zero attached hydrogens (tertiary/aromatic N) is 2. The van der Waals surface area contributed by atoms with Gasteiger partial charge in [-0.3, -0.25) is 0 Å². The summed E-state index contributed by atoms with van der Waals surface area (Å²) in [6, 6.07) is 20.4. The summed E-state index contributed by atoms with van der Waals surface area (Å²) in [4.78, 5) is 25.4. The van der Waals surface area contributed by atoms with E-state index in [1.165, 1.54) is 25.0 Å². The topological polar surface area (TPSA) is 79.7 Å². The van der Waals surface area contributed by atoms with Gasteiger partial charge in [0.15, 0.2) is 5.69 Å². The lowest BCUT2D eigenvalue weighted by Gasteiger charge is -2.08. The molecule has 0 unspecified atom stereocenters. The highest BCUT2D eigenvalue weighted by Gasteiger charge is 2.31. The van der Waals surface area contributed by atoms with E-state index in [0.717, 1.165) is 0 Å². The fourth-order valence-corrected chi connectivity index (χ4v) is 3.80. The third-order valence-electron chi connectivity index (χ3n) is 5.19. The van der Waals surface area contributed by atoms with Crippen LogP contribution < -0.4 is 4.74 Å². The molecule has 3 aromatic carbocycles. The number of carbonyl (C=O) groups excluding carboxylic acids is 2. The molecule has 35 heavy (non-hydrogen) atoms. The number of hydrogen-bond donors (Lipinski definition) is 0. The average molecular weight is 539 g/mol. The molecule has 4 aromatic rings. The molecular weight excluding hydrogens is 519 g/mol. The van der Waals surface area contributed by atoms with E-state index in [0.29, 0.717) is 27.0 Å². The number of rotatable bonds is 7. The van der Waals surface area contributed by atoms with Gasteiger partial charge in [0.05, 0.1) is 19.9 Å². The lowest BCUT2D eigenvalue weighted by molar-refractivity contribution is 0.0549. The number of hydrogen-bond acceptors (Lipinski definition) is 6. The van der Waals surface area contributed by atoms with E-state index < -0.39 is 11.9 Å². The Morgan fingerprint density at radius 1 is 0.943 bits per heavy atom. The van der Waals surface area contributed by atoms with E-state index in [9.17, 15) is 14.0 Å². The molecule has 0 saturated heterocycles. The Balaban J connectivity index is 1.71. The monoisotopic (exact) mass is 538 g/mol. The predicted octanol–water partition coefficient (Wildman–Crippen LogP) is 5.59. The molecule has 1 heterocycles. The van der Waals surface area contributed by atoms with Crippen molar-refractivity contribution in [3.05, 3.63) is 99.9 Å². The molecule has 0 saturated carbocycles. The molecule has 0 atom stereocenters. The van der Waals surface area contributed by atoms with Gasteiger partial charge in [-0.1, -0.05) is 40.2 Å². The van der Waals surface area contributed by atoms with E-state index in [-0.39, 0.29) is 29.4 Å². The van der Waals surface area contributed by atoms with Crippen LogP contribution in [0, 0.1) is 5.82 Å². The van der Waals surface area contributed by atoms with Crippen LogP contribution in [0.1, 0.15) is 26.4 Å². The Hall–Kier alpha value is -3.98. The Morgan fingerprint density at radius 2 is 1.63 bits per heavy atom. The summed E-state index contributed by atoms with van der Waals surface area (Å²) in [7, 11) is 2.46. The van der Waals surface area contributed by atoms with Gasteiger partial charge in [-0.25, -0.2) is 18.7 Å². The molecule has 4 rings (SSSR count). The Labute approximate surface area is 209 Å². The number of ether oxygens (including phenoxy) is 3. The third-order valence-corrected chi connectivity index (χ3v) is 5.68. The predicted molar refractivity (Wildman–Crippen MR) is 130 cm³/mol. The standard InChI is InChI=1S/C26H20BrFN2O5/c1-33-25(31)22-23(29-30(24(22)26(32)34-2)19-6-4-3-5-7-19)16-9-12-20(13-10-16)35-15-17-8-11-18(27)14-21(17)28/h3-14H,15H2,1-2H3. The SMILES string of the molecule is COC(=O)c1c(-c2ccc(OCc3ccc(Br)cc3F)cc2)nn(-c2ccccc2)c1C(=O)OC. The molecular formula is C26H20BrFN2O5. The van der Waals surface area contributed by atoms with E-state index in [2.05, 4.69) is 21.0 Å². The molecule has 0 amide bonds. The maximum Gasteiger partial charge on any atom is 0.357 e. The van der Waals surface area contributed by atoms with Gasteiger partial charge in [0.25, 0.3) is 0 Å². The van der Waals surface area contributed by atoms with Gasteiger partial charge >= 0.3 is 11.9 Å². The normalized spacial score (nSPS) is 10.6. The molecule has 7 nitrogen and oxygen atoms in total. The van der Waals surface area contributed by atoms with Crippen molar-refractivity contribution < 1.29 is 28.2 Å². The number of carbonyl (C=O) groups is 2. The van der Waals surface area contributed by atoms with Crippen molar-refractivity contribution in [2.24, 2.45) is 0 Å². The van der Waals surface area contributed by atoms with Gasteiger partial charge in [-0.15, -0.1) is 0 Å². The Morgan fingerprint density at radius 3 is 2.26 bits per heavy atom. The molecule has 0 aliphatic heterocycles. The average Bonchev–Trinajstić information content (AvgIpc) is 3.29. The van der Waals surface area contributed by atoms with Crippen molar-refractivity contribution >= 4 is 27.9 Å². The number of halogens is 2. The van der Waals surface area contributed by atoms with Crippen LogP contribution in [0.4, 0.5) is 4.39 Å². The first-order chi connectivity index (χ1) is 16.9. The molecule has 0 bridgehead atoms.